The molecule has 0 saturated heterocycles. The lowest BCUT2D eigenvalue weighted by Gasteiger charge is -2.13. The minimum absolute atomic E-state index is 0.0103. The number of hydrogen-bond donors (Lipinski definition) is 8. The fourth-order valence-corrected chi connectivity index (χ4v) is 5.10. The molecule has 0 fully saturated rings. The van der Waals surface area contributed by atoms with E-state index in [0.717, 1.165) is 18.2 Å². The smallest absolute Gasteiger partial charge is 0.392 e. The Morgan fingerprint density at radius 2 is 1.02 bits per heavy atom. The Morgan fingerprint density at radius 1 is 0.596 bits per heavy atom. The number of rotatable bonds is 8. The van der Waals surface area contributed by atoms with E-state index in [1.807, 2.05) is 4.72 Å². The van der Waals surface area contributed by atoms with Crippen LogP contribution in [0.1, 0.15) is 16.7 Å². The fraction of sp³-hybridized carbons (Fsp3) is 0.143. The van der Waals surface area contributed by atoms with Crippen LogP contribution >= 0.6 is 0 Å². The van der Waals surface area contributed by atoms with Gasteiger partial charge in [-0.25, -0.2) is 24.9 Å². The molecular formula is C28H30F7N7O7S3. The van der Waals surface area contributed by atoms with Crippen molar-refractivity contribution < 1.29 is 61.1 Å². The highest BCUT2D eigenvalue weighted by atomic mass is 32.2. The Bertz CT molecular complexity index is 2200. The maximum Gasteiger partial charge on any atom is 0.419 e. The Hall–Kier alpha value is -4.56. The second kappa shape index (κ2) is 16.8. The standard InChI is InChI=1S/C14H12F4N2O3S.C14H14F3N3O2S.H4N2O2S/c15-12-6-9(1-3-11(12)14(16,17)18)8-2-4-13(10(5-8)7-21)20-24(19,22)23;1-19-13-8-10(4-7-12(13)20-23(18,21)22)9-2-5-11(6-3-9)14(15,16)17;1-5(2,3)4/h1-6,20-21H,7H2,(H2,19,22,23);2-8,19-20H,1H3,(H2,18,21,22);(H4,1,2,3,4). The summed E-state index contributed by atoms with van der Waals surface area (Å²) >= 11 is 0. The van der Waals surface area contributed by atoms with E-state index in [1.54, 1.807) is 19.2 Å². The maximum atomic E-state index is 13.6. The van der Waals surface area contributed by atoms with Gasteiger partial charge < -0.3 is 10.4 Å². The monoisotopic (exact) mass is 805 g/mol. The molecular weight excluding hydrogens is 776 g/mol. The summed E-state index contributed by atoms with van der Waals surface area (Å²) in [5.74, 6) is -1.43. The molecule has 12 N–H and O–H groups in total. The third-order valence-corrected chi connectivity index (χ3v) is 7.23. The Kier molecular flexibility index (Phi) is 14.1. The van der Waals surface area contributed by atoms with Crippen LogP contribution in [0.25, 0.3) is 22.3 Å². The molecule has 0 aliphatic carbocycles. The van der Waals surface area contributed by atoms with Crippen LogP contribution in [0.5, 0.6) is 0 Å². The molecule has 0 heterocycles. The number of benzene rings is 4. The van der Waals surface area contributed by atoms with E-state index in [1.165, 1.54) is 36.4 Å². The summed E-state index contributed by atoms with van der Waals surface area (Å²) in [6.45, 7) is -0.561. The van der Waals surface area contributed by atoms with Gasteiger partial charge in [0.1, 0.15) is 5.82 Å². The average molecular weight is 806 g/mol. The predicted molar refractivity (Wildman–Crippen MR) is 180 cm³/mol. The van der Waals surface area contributed by atoms with E-state index in [4.69, 9.17) is 10.3 Å². The van der Waals surface area contributed by atoms with E-state index in [-0.39, 0.29) is 22.5 Å². The van der Waals surface area contributed by atoms with Crippen LogP contribution in [0.2, 0.25) is 0 Å². The number of aliphatic hydroxyl groups excluding tert-OH is 1. The molecule has 0 saturated carbocycles. The van der Waals surface area contributed by atoms with E-state index in [9.17, 15) is 61.1 Å². The third-order valence-electron chi connectivity index (χ3n) is 6.22. The summed E-state index contributed by atoms with van der Waals surface area (Å²) in [7, 11) is -10.1. The van der Waals surface area contributed by atoms with Crippen LogP contribution in [-0.4, -0.2) is 37.4 Å². The van der Waals surface area contributed by atoms with E-state index < -0.39 is 66.5 Å². The van der Waals surface area contributed by atoms with Crippen LogP contribution in [0.3, 0.4) is 0 Å². The van der Waals surface area contributed by atoms with Crippen molar-refractivity contribution in [2.24, 2.45) is 20.6 Å². The number of nitrogens with two attached hydrogens (primary N) is 4. The molecule has 4 aromatic rings. The lowest BCUT2D eigenvalue weighted by Crippen LogP contribution is -2.22. The quantitative estimate of drug-likeness (QED) is 0.121. The van der Waals surface area contributed by atoms with E-state index >= 15 is 0 Å². The number of halogens is 7. The molecule has 0 bridgehead atoms. The van der Waals surface area contributed by atoms with Gasteiger partial charge in [0, 0.05) is 12.6 Å². The molecule has 286 valence electrons. The molecule has 14 nitrogen and oxygen atoms in total. The van der Waals surface area contributed by atoms with Crippen molar-refractivity contribution in [1.82, 2.24) is 0 Å². The van der Waals surface area contributed by atoms with Crippen molar-refractivity contribution in [3.05, 3.63) is 101 Å². The van der Waals surface area contributed by atoms with Gasteiger partial charge in [-0.05, 0) is 70.8 Å². The van der Waals surface area contributed by atoms with Crippen molar-refractivity contribution in [3.8, 4) is 22.3 Å². The Labute approximate surface area is 293 Å². The van der Waals surface area contributed by atoms with E-state index in [0.29, 0.717) is 34.5 Å². The van der Waals surface area contributed by atoms with Crippen molar-refractivity contribution in [1.29, 1.82) is 0 Å². The van der Waals surface area contributed by atoms with Crippen LogP contribution < -0.4 is 35.3 Å². The summed E-state index contributed by atoms with van der Waals surface area (Å²) < 4.78 is 156. The van der Waals surface area contributed by atoms with Crippen molar-refractivity contribution >= 4 is 47.7 Å². The van der Waals surface area contributed by atoms with Crippen molar-refractivity contribution in [2.45, 2.75) is 19.0 Å². The van der Waals surface area contributed by atoms with E-state index in [2.05, 4.69) is 20.3 Å². The Morgan fingerprint density at radius 3 is 1.44 bits per heavy atom. The second-order valence-corrected chi connectivity index (χ2v) is 14.0. The number of hydrogen-bond acceptors (Lipinski definition) is 8. The maximum absolute atomic E-state index is 13.6. The largest absolute Gasteiger partial charge is 0.419 e. The summed E-state index contributed by atoms with van der Waals surface area (Å²) in [6, 6.07) is 15.7. The number of aliphatic hydroxyl groups is 1. The van der Waals surface area contributed by atoms with Crippen LogP contribution in [0, 0.1) is 5.82 Å². The molecule has 0 atom stereocenters. The minimum atomic E-state index is -4.80. The third kappa shape index (κ3) is 14.6. The zero-order valence-electron chi connectivity index (χ0n) is 26.3. The zero-order valence-corrected chi connectivity index (χ0v) is 28.7. The molecule has 0 aliphatic heterocycles. The second-order valence-electron chi connectivity index (χ2n) is 10.2. The minimum Gasteiger partial charge on any atom is -0.392 e. The van der Waals surface area contributed by atoms with Gasteiger partial charge in [-0.2, -0.15) is 51.6 Å². The highest BCUT2D eigenvalue weighted by Gasteiger charge is 2.34. The zero-order chi connectivity index (χ0) is 39.9. The molecule has 0 amide bonds. The normalized spacial score (nSPS) is 12.1. The topological polar surface area (TPSA) is 263 Å². The number of alkyl halides is 6. The highest BCUT2D eigenvalue weighted by Crippen LogP contribution is 2.35. The number of nitrogens with one attached hydrogen (secondary N) is 3. The van der Waals surface area contributed by atoms with Gasteiger partial charge in [-0.1, -0.05) is 30.3 Å². The summed E-state index contributed by atoms with van der Waals surface area (Å²) in [5, 5.41) is 30.1. The first-order valence-corrected chi connectivity index (χ1v) is 18.3. The highest BCUT2D eigenvalue weighted by molar-refractivity contribution is 7.90. The molecule has 0 unspecified atom stereocenters. The first-order valence-electron chi connectivity index (χ1n) is 13.6. The van der Waals surface area contributed by atoms with Gasteiger partial charge in [0.25, 0.3) is 30.6 Å². The van der Waals surface area contributed by atoms with Gasteiger partial charge in [-0.15, -0.1) is 0 Å². The molecule has 0 aromatic heterocycles. The molecule has 4 aromatic carbocycles. The van der Waals surface area contributed by atoms with Crippen molar-refractivity contribution in [3.63, 3.8) is 0 Å². The van der Waals surface area contributed by atoms with Crippen LogP contribution in [0.15, 0.2) is 78.9 Å². The first-order chi connectivity index (χ1) is 23.6. The molecule has 52 heavy (non-hydrogen) atoms. The van der Waals surface area contributed by atoms with Gasteiger partial charge >= 0.3 is 12.4 Å². The Balaban J connectivity index is 0.000000319. The average Bonchev–Trinajstić information content (AvgIpc) is 2.98. The summed E-state index contributed by atoms with van der Waals surface area (Å²) in [5.41, 5.74) is 0.326. The molecule has 0 aliphatic rings. The lowest BCUT2D eigenvalue weighted by atomic mass is 10.0. The SMILES string of the molecule is CNc1cc(-c2ccc(C(F)(F)F)cc2)ccc1NS(N)(=O)=O.NS(=O)(=O)Nc1ccc(-c2ccc(C(F)(F)F)c(F)c2)cc1CO.NS(N)(=O)=O. The molecule has 24 heteroatoms. The van der Waals surface area contributed by atoms with Crippen molar-refractivity contribution in [2.75, 3.05) is 21.8 Å². The van der Waals surface area contributed by atoms with Gasteiger partial charge in [0.2, 0.25) is 0 Å². The first kappa shape index (κ1) is 43.6. The van der Waals surface area contributed by atoms with Gasteiger partial charge in [-0.3, -0.25) is 9.44 Å². The van der Waals surface area contributed by atoms with Gasteiger partial charge in [0.15, 0.2) is 0 Å². The molecule has 4 rings (SSSR count). The summed E-state index contributed by atoms with van der Waals surface area (Å²) in [4.78, 5) is 0. The number of anilines is 3. The van der Waals surface area contributed by atoms with Gasteiger partial charge in [0.05, 0.1) is 34.8 Å². The van der Waals surface area contributed by atoms with Crippen LogP contribution in [-0.2, 0) is 49.6 Å². The predicted octanol–water partition coefficient (Wildman–Crippen LogP) is 3.80. The fourth-order valence-electron chi connectivity index (χ4n) is 4.11. The molecule has 0 spiro atoms. The van der Waals surface area contributed by atoms with Crippen LogP contribution in [0.4, 0.5) is 47.8 Å². The summed E-state index contributed by atoms with van der Waals surface area (Å²) in [6.07, 6.45) is -9.19. The molecule has 0 radical (unpaired) electrons. The lowest BCUT2D eigenvalue weighted by molar-refractivity contribution is -0.140.